The van der Waals surface area contributed by atoms with Gasteiger partial charge in [0.25, 0.3) is 5.91 Å². The minimum absolute atomic E-state index is 0.0242. The van der Waals surface area contributed by atoms with Crippen molar-refractivity contribution in [2.45, 2.75) is 50.6 Å². The van der Waals surface area contributed by atoms with Gasteiger partial charge in [0.2, 0.25) is 5.91 Å². The number of hydrogen-bond donors (Lipinski definition) is 2. The van der Waals surface area contributed by atoms with Crippen LogP contribution in [0.1, 0.15) is 65.3 Å². The number of ether oxygens (including phenoxy) is 1. The zero-order valence-electron chi connectivity index (χ0n) is 24.7. The number of amides is 2. The normalized spacial score (nSPS) is 15.9. The monoisotopic (exact) mass is 600 g/mol. The molecular formula is C34H37ClN4O4. The molecular weight excluding hydrogens is 564 g/mol. The highest BCUT2D eigenvalue weighted by molar-refractivity contribution is 6.33. The van der Waals surface area contributed by atoms with Gasteiger partial charge in [0.05, 0.1) is 18.7 Å². The van der Waals surface area contributed by atoms with Gasteiger partial charge in [-0.3, -0.25) is 9.59 Å². The summed E-state index contributed by atoms with van der Waals surface area (Å²) in [5.74, 6) is -1.28. The summed E-state index contributed by atoms with van der Waals surface area (Å²) < 4.78 is 4.81. The van der Waals surface area contributed by atoms with Gasteiger partial charge in [-0.1, -0.05) is 67.9 Å². The van der Waals surface area contributed by atoms with Gasteiger partial charge in [-0.05, 0) is 73.2 Å². The number of nitrogens with one attached hydrogen (secondary N) is 2. The maximum atomic E-state index is 13.7. The highest BCUT2D eigenvalue weighted by atomic mass is 35.5. The summed E-state index contributed by atoms with van der Waals surface area (Å²) >= 11 is 6.40. The Kier molecular flexibility index (Phi) is 10.6. The van der Waals surface area contributed by atoms with E-state index >= 15 is 0 Å². The quantitative estimate of drug-likeness (QED) is 0.294. The zero-order valence-corrected chi connectivity index (χ0v) is 25.5. The summed E-state index contributed by atoms with van der Waals surface area (Å²) in [5, 5.41) is 16.4. The van der Waals surface area contributed by atoms with E-state index in [1.165, 1.54) is 7.11 Å². The number of nitrogens with zero attached hydrogens (tertiary/aromatic N) is 2. The van der Waals surface area contributed by atoms with Crippen molar-refractivity contribution in [2.75, 3.05) is 26.7 Å². The molecule has 0 radical (unpaired) electrons. The number of nitriles is 1. The molecule has 0 unspecified atom stereocenters. The van der Waals surface area contributed by atoms with Gasteiger partial charge in [-0.15, -0.1) is 0 Å². The average Bonchev–Trinajstić information content (AvgIpc) is 3.05. The number of piperidine rings is 1. The van der Waals surface area contributed by atoms with Crippen molar-refractivity contribution in [1.82, 2.24) is 15.5 Å². The van der Waals surface area contributed by atoms with E-state index in [1.807, 2.05) is 37.3 Å². The third kappa shape index (κ3) is 7.81. The van der Waals surface area contributed by atoms with E-state index in [0.29, 0.717) is 46.5 Å². The molecule has 0 spiro atoms. The van der Waals surface area contributed by atoms with Crippen LogP contribution in [0, 0.1) is 11.3 Å². The lowest BCUT2D eigenvalue weighted by Crippen LogP contribution is -2.59. The molecule has 0 saturated carbocycles. The summed E-state index contributed by atoms with van der Waals surface area (Å²) in [5.41, 5.74) is 2.15. The molecule has 0 aromatic heterocycles. The molecule has 224 valence electrons. The predicted molar refractivity (Wildman–Crippen MR) is 167 cm³/mol. The second-order valence-electron chi connectivity index (χ2n) is 11.0. The number of esters is 1. The lowest BCUT2D eigenvalue weighted by atomic mass is 9.87. The first-order chi connectivity index (χ1) is 20.7. The van der Waals surface area contributed by atoms with Crippen molar-refractivity contribution < 1.29 is 19.1 Å². The van der Waals surface area contributed by atoms with E-state index < -0.39 is 23.5 Å². The Balaban J connectivity index is 1.54. The SMILES string of the molecule is CCN1CCC(C#N)(NC(=O)[C@H](C[C@H](C)c2ccccc2)NC(=O)c2ccc(-c3cc(C(=O)OC)ccc3Cl)cc2)CC1. The second-order valence-corrected chi connectivity index (χ2v) is 11.4. The topological polar surface area (TPSA) is 112 Å². The molecule has 1 fully saturated rings. The third-order valence-electron chi connectivity index (χ3n) is 8.16. The van der Waals surface area contributed by atoms with Crippen LogP contribution in [0.25, 0.3) is 11.1 Å². The molecule has 8 nitrogen and oxygen atoms in total. The Bertz CT molecular complexity index is 1480. The first-order valence-electron chi connectivity index (χ1n) is 14.5. The lowest BCUT2D eigenvalue weighted by molar-refractivity contribution is -0.125. The van der Waals surface area contributed by atoms with E-state index in [1.54, 1.807) is 42.5 Å². The van der Waals surface area contributed by atoms with Gasteiger partial charge in [0.15, 0.2) is 0 Å². The number of hydrogen-bond acceptors (Lipinski definition) is 6. The van der Waals surface area contributed by atoms with Gasteiger partial charge in [-0.2, -0.15) is 5.26 Å². The van der Waals surface area contributed by atoms with Gasteiger partial charge >= 0.3 is 5.97 Å². The number of benzene rings is 3. The van der Waals surface area contributed by atoms with Gasteiger partial charge in [0, 0.05) is 29.2 Å². The van der Waals surface area contributed by atoms with E-state index in [2.05, 4.69) is 28.5 Å². The molecule has 43 heavy (non-hydrogen) atoms. The van der Waals surface area contributed by atoms with Crippen molar-refractivity contribution in [1.29, 1.82) is 5.26 Å². The Morgan fingerprint density at radius 3 is 2.28 bits per heavy atom. The van der Waals surface area contributed by atoms with Crippen molar-refractivity contribution in [3.8, 4) is 17.2 Å². The Morgan fingerprint density at radius 1 is 1.02 bits per heavy atom. The molecule has 9 heteroatoms. The summed E-state index contributed by atoms with van der Waals surface area (Å²) in [6, 6.07) is 23.0. The van der Waals surface area contributed by atoms with E-state index in [0.717, 1.165) is 25.2 Å². The van der Waals surface area contributed by atoms with Crippen LogP contribution in [0.5, 0.6) is 0 Å². The standard InChI is InChI=1S/C34H37ClN4O4/c1-4-39-18-16-34(22-36,17-19-39)38-32(41)30(20-23(2)24-8-6-5-7-9-24)37-31(40)26-12-10-25(11-13-26)28-21-27(33(42)43-3)14-15-29(28)35/h5-15,21,23,30H,4,16-20H2,1-3H3,(H,37,40)(H,38,41)/t23-,30-/m0/s1. The molecule has 3 aromatic rings. The van der Waals surface area contributed by atoms with Crippen LogP contribution in [0.3, 0.4) is 0 Å². The second kappa shape index (κ2) is 14.3. The fourth-order valence-corrected chi connectivity index (χ4v) is 5.60. The molecule has 1 aliphatic rings. The molecule has 2 amide bonds. The number of carbonyl (C=O) groups is 3. The van der Waals surface area contributed by atoms with Crippen LogP contribution in [0.2, 0.25) is 5.02 Å². The molecule has 3 aromatic carbocycles. The first kappa shape index (κ1) is 31.7. The maximum Gasteiger partial charge on any atom is 0.337 e. The minimum atomic E-state index is -0.971. The molecule has 1 saturated heterocycles. The third-order valence-corrected chi connectivity index (χ3v) is 8.49. The molecule has 2 atom stereocenters. The Morgan fingerprint density at radius 2 is 1.67 bits per heavy atom. The van der Waals surface area contributed by atoms with Crippen LogP contribution in [-0.2, 0) is 9.53 Å². The number of halogens is 1. The van der Waals surface area contributed by atoms with Gasteiger partial charge < -0.3 is 20.3 Å². The summed E-state index contributed by atoms with van der Waals surface area (Å²) in [4.78, 5) is 41.4. The van der Waals surface area contributed by atoms with Crippen molar-refractivity contribution in [3.63, 3.8) is 0 Å². The summed E-state index contributed by atoms with van der Waals surface area (Å²) in [7, 11) is 1.31. The number of carbonyl (C=O) groups excluding carboxylic acids is 3. The Hall–Kier alpha value is -4.19. The van der Waals surface area contributed by atoms with Crippen molar-refractivity contribution >= 4 is 29.4 Å². The number of methoxy groups -OCH3 is 1. The minimum Gasteiger partial charge on any atom is -0.465 e. The fourth-order valence-electron chi connectivity index (χ4n) is 5.38. The van der Waals surface area contributed by atoms with E-state index in [9.17, 15) is 19.6 Å². The predicted octanol–water partition coefficient (Wildman–Crippen LogP) is 5.58. The van der Waals surface area contributed by atoms with E-state index in [-0.39, 0.29) is 11.8 Å². The summed E-state index contributed by atoms with van der Waals surface area (Å²) in [6.07, 6.45) is 1.41. The van der Waals surface area contributed by atoms with Crippen LogP contribution < -0.4 is 10.6 Å². The van der Waals surface area contributed by atoms with E-state index in [4.69, 9.17) is 16.3 Å². The number of likely N-dealkylation sites (tertiary alicyclic amines) is 1. The van der Waals surface area contributed by atoms with Gasteiger partial charge in [-0.25, -0.2) is 4.79 Å². The zero-order chi connectivity index (χ0) is 31.0. The lowest BCUT2D eigenvalue weighted by Gasteiger charge is -2.38. The van der Waals surface area contributed by atoms with Crippen LogP contribution in [0.4, 0.5) is 0 Å². The molecule has 4 rings (SSSR count). The highest BCUT2D eigenvalue weighted by Gasteiger charge is 2.38. The summed E-state index contributed by atoms with van der Waals surface area (Å²) in [6.45, 7) is 6.43. The highest BCUT2D eigenvalue weighted by Crippen LogP contribution is 2.30. The largest absolute Gasteiger partial charge is 0.465 e. The fraction of sp³-hybridized carbons (Fsp3) is 0.353. The van der Waals surface area contributed by atoms with Crippen molar-refractivity contribution in [2.24, 2.45) is 0 Å². The van der Waals surface area contributed by atoms with Crippen LogP contribution >= 0.6 is 11.6 Å². The van der Waals surface area contributed by atoms with Crippen LogP contribution in [0.15, 0.2) is 72.8 Å². The van der Waals surface area contributed by atoms with Crippen molar-refractivity contribution in [3.05, 3.63) is 94.5 Å². The maximum absolute atomic E-state index is 13.7. The molecule has 2 N–H and O–H groups in total. The first-order valence-corrected chi connectivity index (χ1v) is 14.9. The Labute approximate surface area is 258 Å². The van der Waals surface area contributed by atoms with Gasteiger partial charge in [0.1, 0.15) is 11.6 Å². The molecule has 0 bridgehead atoms. The average molecular weight is 601 g/mol. The smallest absolute Gasteiger partial charge is 0.337 e. The molecule has 0 aliphatic carbocycles. The van der Waals surface area contributed by atoms with Crippen LogP contribution in [-0.4, -0.2) is 61.0 Å². The number of rotatable bonds is 10. The molecule has 1 aliphatic heterocycles. The molecule has 1 heterocycles.